The van der Waals surface area contributed by atoms with E-state index in [4.69, 9.17) is 9.47 Å². The molecule has 2 heterocycles. The fourth-order valence-corrected chi connectivity index (χ4v) is 2.46. The highest BCUT2D eigenvalue weighted by atomic mass is 19.1. The molecule has 3 rings (SSSR count). The van der Waals surface area contributed by atoms with Crippen LogP contribution < -0.4 is 4.90 Å². The molecule has 0 radical (unpaired) electrons. The number of aromatic nitrogens is 3. The first-order valence-electron chi connectivity index (χ1n) is 7.51. The van der Waals surface area contributed by atoms with Gasteiger partial charge in [-0.1, -0.05) is 5.21 Å². The van der Waals surface area contributed by atoms with E-state index in [-0.39, 0.29) is 23.7 Å². The Morgan fingerprint density at radius 1 is 1.29 bits per heavy atom. The molecule has 7 nitrogen and oxygen atoms in total. The SMILES string of the molecule is CCOC(=O)c1cn(-c2cc(F)c(N3CCOCC3)c(F)c2)nn1. The van der Waals surface area contributed by atoms with Crippen LogP contribution in [0.25, 0.3) is 5.69 Å². The van der Waals surface area contributed by atoms with E-state index in [1.54, 1.807) is 11.8 Å². The number of hydrogen-bond acceptors (Lipinski definition) is 6. The number of nitrogens with zero attached hydrogens (tertiary/aromatic N) is 4. The maximum atomic E-state index is 14.4. The lowest BCUT2D eigenvalue weighted by Crippen LogP contribution is -2.37. The molecular formula is C15H16F2N4O3. The van der Waals surface area contributed by atoms with Crippen molar-refractivity contribution in [3.63, 3.8) is 0 Å². The maximum absolute atomic E-state index is 14.4. The van der Waals surface area contributed by atoms with E-state index in [0.29, 0.717) is 26.3 Å². The number of esters is 1. The number of hydrogen-bond donors (Lipinski definition) is 0. The number of halogens is 2. The summed E-state index contributed by atoms with van der Waals surface area (Å²) in [5.41, 5.74) is 0.00719. The third kappa shape index (κ3) is 3.21. The zero-order valence-electron chi connectivity index (χ0n) is 13.0. The van der Waals surface area contributed by atoms with Crippen LogP contribution in [0.2, 0.25) is 0 Å². The van der Waals surface area contributed by atoms with Gasteiger partial charge in [0.05, 0.1) is 31.7 Å². The number of carbonyl (C=O) groups excluding carboxylic acids is 1. The Hall–Kier alpha value is -2.55. The number of ether oxygens (including phenoxy) is 2. The summed E-state index contributed by atoms with van der Waals surface area (Å²) in [4.78, 5) is 13.2. The van der Waals surface area contributed by atoms with Crippen LogP contribution in [0.5, 0.6) is 0 Å². The molecule has 1 aliphatic heterocycles. The minimum atomic E-state index is -0.708. The van der Waals surface area contributed by atoms with Gasteiger partial charge in [-0.15, -0.1) is 5.10 Å². The molecule has 9 heteroatoms. The molecular weight excluding hydrogens is 322 g/mol. The van der Waals surface area contributed by atoms with Crippen LogP contribution in [-0.2, 0) is 9.47 Å². The largest absolute Gasteiger partial charge is 0.461 e. The molecule has 24 heavy (non-hydrogen) atoms. The van der Waals surface area contributed by atoms with E-state index in [0.717, 1.165) is 16.8 Å². The number of carbonyl (C=O) groups is 1. The van der Waals surface area contributed by atoms with E-state index < -0.39 is 17.6 Å². The van der Waals surface area contributed by atoms with Crippen LogP contribution in [0.4, 0.5) is 14.5 Å². The van der Waals surface area contributed by atoms with Gasteiger partial charge in [-0.3, -0.25) is 0 Å². The summed E-state index contributed by atoms with van der Waals surface area (Å²) in [7, 11) is 0. The average molecular weight is 338 g/mol. The van der Waals surface area contributed by atoms with Gasteiger partial charge in [0.25, 0.3) is 0 Å². The Kier molecular flexibility index (Phi) is 4.70. The second kappa shape index (κ2) is 6.91. The van der Waals surface area contributed by atoms with Gasteiger partial charge >= 0.3 is 5.97 Å². The first-order valence-corrected chi connectivity index (χ1v) is 7.51. The lowest BCUT2D eigenvalue weighted by Gasteiger charge is -2.29. The van der Waals surface area contributed by atoms with Gasteiger partial charge in [0.15, 0.2) is 17.3 Å². The van der Waals surface area contributed by atoms with Crippen LogP contribution in [0.1, 0.15) is 17.4 Å². The van der Waals surface area contributed by atoms with Crippen LogP contribution >= 0.6 is 0 Å². The Balaban J connectivity index is 1.88. The molecule has 1 fully saturated rings. The van der Waals surface area contributed by atoms with Gasteiger partial charge < -0.3 is 14.4 Å². The van der Waals surface area contributed by atoms with Crippen molar-refractivity contribution < 1.29 is 23.0 Å². The number of rotatable bonds is 4. The highest BCUT2D eigenvalue weighted by Crippen LogP contribution is 2.27. The molecule has 128 valence electrons. The summed E-state index contributed by atoms with van der Waals surface area (Å²) in [5.74, 6) is -2.06. The fraction of sp³-hybridized carbons (Fsp3) is 0.400. The fourth-order valence-electron chi connectivity index (χ4n) is 2.46. The van der Waals surface area contributed by atoms with Crippen molar-refractivity contribution in [1.29, 1.82) is 0 Å². The highest BCUT2D eigenvalue weighted by molar-refractivity contribution is 5.86. The summed E-state index contributed by atoms with van der Waals surface area (Å²) in [5, 5.41) is 7.36. The molecule has 1 aromatic heterocycles. The summed E-state index contributed by atoms with van der Waals surface area (Å²) in [6, 6.07) is 2.30. The van der Waals surface area contributed by atoms with E-state index in [9.17, 15) is 13.6 Å². The summed E-state index contributed by atoms with van der Waals surface area (Å²) in [6.45, 7) is 3.55. The summed E-state index contributed by atoms with van der Waals surface area (Å²) in [6.07, 6.45) is 1.26. The third-order valence-electron chi connectivity index (χ3n) is 3.57. The van der Waals surface area contributed by atoms with Crippen molar-refractivity contribution in [3.8, 4) is 5.69 Å². The Morgan fingerprint density at radius 2 is 1.96 bits per heavy atom. The maximum Gasteiger partial charge on any atom is 0.360 e. The molecule has 1 saturated heterocycles. The smallest absolute Gasteiger partial charge is 0.360 e. The van der Waals surface area contributed by atoms with Crippen LogP contribution in [0.15, 0.2) is 18.3 Å². The molecule has 0 unspecified atom stereocenters. The minimum absolute atomic E-state index is 0.0325. The lowest BCUT2D eigenvalue weighted by molar-refractivity contribution is 0.0519. The molecule has 0 amide bonds. The zero-order valence-corrected chi connectivity index (χ0v) is 13.0. The monoisotopic (exact) mass is 338 g/mol. The zero-order chi connectivity index (χ0) is 17.1. The average Bonchev–Trinajstić information content (AvgIpc) is 3.05. The minimum Gasteiger partial charge on any atom is -0.461 e. The lowest BCUT2D eigenvalue weighted by atomic mass is 10.2. The van der Waals surface area contributed by atoms with Crippen molar-refractivity contribution in [2.24, 2.45) is 0 Å². The van der Waals surface area contributed by atoms with Gasteiger partial charge in [-0.25, -0.2) is 18.3 Å². The van der Waals surface area contributed by atoms with Crippen molar-refractivity contribution in [1.82, 2.24) is 15.0 Å². The number of morpholine rings is 1. The molecule has 1 aromatic carbocycles. The molecule has 0 aliphatic carbocycles. The van der Waals surface area contributed by atoms with Gasteiger partial charge in [0.2, 0.25) is 0 Å². The van der Waals surface area contributed by atoms with Crippen molar-refractivity contribution in [2.45, 2.75) is 6.92 Å². The summed E-state index contributed by atoms with van der Waals surface area (Å²) >= 11 is 0. The van der Waals surface area contributed by atoms with Crippen molar-refractivity contribution in [3.05, 3.63) is 35.7 Å². The number of benzene rings is 1. The van der Waals surface area contributed by atoms with Gasteiger partial charge in [0, 0.05) is 25.2 Å². The van der Waals surface area contributed by atoms with Crippen LogP contribution in [0, 0.1) is 11.6 Å². The topological polar surface area (TPSA) is 69.5 Å². The van der Waals surface area contributed by atoms with Gasteiger partial charge in [-0.05, 0) is 6.92 Å². The summed E-state index contributed by atoms with van der Waals surface area (Å²) < 4.78 is 39.9. The Bertz CT molecular complexity index is 721. The predicted octanol–water partition coefficient (Wildman–Crippen LogP) is 1.56. The van der Waals surface area contributed by atoms with Gasteiger partial charge in [0.1, 0.15) is 5.69 Å². The standard InChI is InChI=1S/C15H16F2N4O3/c1-2-24-15(22)13-9-21(19-18-13)10-7-11(16)14(12(17)8-10)20-3-5-23-6-4-20/h7-9H,2-6H2,1H3. The first kappa shape index (κ1) is 16.3. The number of anilines is 1. The van der Waals surface area contributed by atoms with E-state index >= 15 is 0 Å². The molecule has 0 N–H and O–H groups in total. The normalized spacial score (nSPS) is 14.7. The van der Waals surface area contributed by atoms with Crippen LogP contribution in [0.3, 0.4) is 0 Å². The molecule has 1 aliphatic rings. The second-order valence-corrected chi connectivity index (χ2v) is 5.13. The molecule has 0 spiro atoms. The first-order chi connectivity index (χ1) is 11.6. The molecule has 0 atom stereocenters. The van der Waals surface area contributed by atoms with E-state index in [2.05, 4.69) is 10.3 Å². The van der Waals surface area contributed by atoms with Gasteiger partial charge in [-0.2, -0.15) is 0 Å². The predicted molar refractivity (Wildman–Crippen MR) is 80.3 cm³/mol. The second-order valence-electron chi connectivity index (χ2n) is 5.13. The van der Waals surface area contributed by atoms with Crippen molar-refractivity contribution >= 4 is 11.7 Å². The molecule has 0 bridgehead atoms. The highest BCUT2D eigenvalue weighted by Gasteiger charge is 2.21. The Morgan fingerprint density at radius 3 is 2.58 bits per heavy atom. The van der Waals surface area contributed by atoms with Crippen molar-refractivity contribution in [2.75, 3.05) is 37.8 Å². The quantitative estimate of drug-likeness (QED) is 0.788. The van der Waals surface area contributed by atoms with E-state index in [1.807, 2.05) is 0 Å². The Labute approximate surface area is 136 Å². The molecule has 0 saturated carbocycles. The van der Waals surface area contributed by atoms with Crippen LogP contribution in [-0.4, -0.2) is 53.9 Å². The molecule has 2 aromatic rings. The van der Waals surface area contributed by atoms with E-state index in [1.165, 1.54) is 6.20 Å². The third-order valence-corrected chi connectivity index (χ3v) is 3.57.